The van der Waals surface area contributed by atoms with Crippen molar-refractivity contribution in [1.82, 2.24) is 9.97 Å². The zero-order valence-corrected chi connectivity index (χ0v) is 12.3. The molecule has 2 aromatic heterocycles. The minimum Gasteiger partial charge on any atom is -0.395 e. The Morgan fingerprint density at radius 2 is 2.00 bits per heavy atom. The molecule has 1 aromatic carbocycles. The molecule has 0 saturated carbocycles. The molecule has 0 saturated heterocycles. The first-order valence-corrected chi connectivity index (χ1v) is 7.17. The molecule has 0 unspecified atom stereocenters. The number of hydrogen-bond acceptors (Lipinski definition) is 4. The molecule has 6 heteroatoms. The maximum atomic E-state index is 13.9. The SMILES string of the molecule is OCCN(Cc1cccnc1)c1ccnc2c(F)cc(F)cc12. The highest BCUT2D eigenvalue weighted by atomic mass is 19.1. The smallest absolute Gasteiger partial charge is 0.152 e. The molecule has 23 heavy (non-hydrogen) atoms. The number of halogens is 2. The van der Waals surface area contributed by atoms with Crippen LogP contribution in [0.2, 0.25) is 0 Å². The monoisotopic (exact) mass is 315 g/mol. The molecule has 4 nitrogen and oxygen atoms in total. The van der Waals surface area contributed by atoms with Crippen LogP contribution in [0.4, 0.5) is 14.5 Å². The second-order valence-electron chi connectivity index (χ2n) is 5.12. The standard InChI is InChI=1S/C17H15F2N3O/c18-13-8-14-16(3-5-21-17(14)15(19)9-13)22(6-7-23)11-12-2-1-4-20-10-12/h1-5,8-10,23H,6-7,11H2. The summed E-state index contributed by atoms with van der Waals surface area (Å²) >= 11 is 0. The summed E-state index contributed by atoms with van der Waals surface area (Å²) in [5, 5.41) is 9.71. The highest BCUT2D eigenvalue weighted by Crippen LogP contribution is 2.28. The maximum absolute atomic E-state index is 13.9. The second kappa shape index (κ2) is 6.66. The number of nitrogens with zero attached hydrogens (tertiary/aromatic N) is 3. The average Bonchev–Trinajstić information content (AvgIpc) is 2.55. The topological polar surface area (TPSA) is 49.2 Å². The first-order chi connectivity index (χ1) is 11.2. The third-order valence-corrected chi connectivity index (χ3v) is 3.55. The number of benzene rings is 1. The molecule has 0 aliphatic carbocycles. The third-order valence-electron chi connectivity index (χ3n) is 3.55. The minimum atomic E-state index is -0.702. The fourth-order valence-electron chi connectivity index (χ4n) is 2.56. The van der Waals surface area contributed by atoms with Gasteiger partial charge in [-0.25, -0.2) is 8.78 Å². The fourth-order valence-corrected chi connectivity index (χ4v) is 2.56. The zero-order chi connectivity index (χ0) is 16.2. The predicted molar refractivity (Wildman–Crippen MR) is 84.0 cm³/mol. The Balaban J connectivity index is 2.07. The summed E-state index contributed by atoms with van der Waals surface area (Å²) in [5.41, 5.74) is 1.66. The fraction of sp³-hybridized carbons (Fsp3) is 0.176. The van der Waals surface area contributed by atoms with E-state index in [0.717, 1.165) is 11.6 Å². The van der Waals surface area contributed by atoms with E-state index in [1.807, 2.05) is 17.0 Å². The molecule has 118 valence electrons. The molecule has 0 amide bonds. The van der Waals surface area contributed by atoms with E-state index in [1.54, 1.807) is 18.5 Å². The van der Waals surface area contributed by atoms with Crippen molar-refractivity contribution >= 4 is 16.6 Å². The molecule has 0 fully saturated rings. The predicted octanol–water partition coefficient (Wildman–Crippen LogP) is 2.91. The van der Waals surface area contributed by atoms with E-state index in [4.69, 9.17) is 0 Å². The molecule has 0 spiro atoms. The molecule has 2 heterocycles. The molecular formula is C17H15F2N3O. The highest BCUT2D eigenvalue weighted by molar-refractivity contribution is 5.91. The lowest BCUT2D eigenvalue weighted by molar-refractivity contribution is 0.301. The van der Waals surface area contributed by atoms with E-state index in [-0.39, 0.29) is 12.1 Å². The zero-order valence-electron chi connectivity index (χ0n) is 12.3. The Kier molecular flexibility index (Phi) is 4.43. The second-order valence-corrected chi connectivity index (χ2v) is 5.12. The highest BCUT2D eigenvalue weighted by Gasteiger charge is 2.14. The van der Waals surface area contributed by atoms with Gasteiger partial charge in [0.05, 0.1) is 6.61 Å². The molecule has 3 aromatic rings. The van der Waals surface area contributed by atoms with Crippen LogP contribution in [0.1, 0.15) is 5.56 Å². The van der Waals surface area contributed by atoms with Crippen LogP contribution in [0.3, 0.4) is 0 Å². The number of fused-ring (bicyclic) bond motifs is 1. The van der Waals surface area contributed by atoms with Crippen LogP contribution < -0.4 is 4.90 Å². The lowest BCUT2D eigenvalue weighted by Crippen LogP contribution is -2.26. The maximum Gasteiger partial charge on any atom is 0.152 e. The normalized spacial score (nSPS) is 10.9. The van der Waals surface area contributed by atoms with Gasteiger partial charge in [-0.1, -0.05) is 6.07 Å². The van der Waals surface area contributed by atoms with Crippen LogP contribution in [0.5, 0.6) is 0 Å². The van der Waals surface area contributed by atoms with Gasteiger partial charge in [-0.05, 0) is 23.8 Å². The van der Waals surface area contributed by atoms with Crippen LogP contribution in [0, 0.1) is 11.6 Å². The quantitative estimate of drug-likeness (QED) is 0.786. The van der Waals surface area contributed by atoms with Crippen molar-refractivity contribution < 1.29 is 13.9 Å². The van der Waals surface area contributed by atoms with Crippen molar-refractivity contribution in [2.24, 2.45) is 0 Å². The lowest BCUT2D eigenvalue weighted by Gasteiger charge is -2.25. The van der Waals surface area contributed by atoms with Crippen LogP contribution in [0.25, 0.3) is 10.9 Å². The van der Waals surface area contributed by atoms with Crippen molar-refractivity contribution in [1.29, 1.82) is 0 Å². The molecular weight excluding hydrogens is 300 g/mol. The van der Waals surface area contributed by atoms with Gasteiger partial charge in [-0.2, -0.15) is 0 Å². The van der Waals surface area contributed by atoms with E-state index in [0.29, 0.717) is 24.2 Å². The summed E-state index contributed by atoms with van der Waals surface area (Å²) in [6.07, 6.45) is 4.87. The molecule has 0 aliphatic heterocycles. The Morgan fingerprint density at radius 3 is 2.74 bits per heavy atom. The number of anilines is 1. The largest absolute Gasteiger partial charge is 0.395 e. The Labute approximate surface area is 132 Å². The number of rotatable bonds is 5. The summed E-state index contributed by atoms with van der Waals surface area (Å²) in [6, 6.07) is 7.48. The number of pyridine rings is 2. The summed E-state index contributed by atoms with van der Waals surface area (Å²) < 4.78 is 27.5. The number of aromatic nitrogens is 2. The van der Waals surface area contributed by atoms with Gasteiger partial charge in [0.2, 0.25) is 0 Å². The van der Waals surface area contributed by atoms with Gasteiger partial charge in [0.1, 0.15) is 11.3 Å². The number of hydrogen-bond donors (Lipinski definition) is 1. The van der Waals surface area contributed by atoms with Gasteiger partial charge in [0.25, 0.3) is 0 Å². The van der Waals surface area contributed by atoms with E-state index in [9.17, 15) is 13.9 Å². The Bertz CT molecular complexity index is 812. The van der Waals surface area contributed by atoms with Crippen molar-refractivity contribution in [3.63, 3.8) is 0 Å². The Morgan fingerprint density at radius 1 is 1.13 bits per heavy atom. The van der Waals surface area contributed by atoms with Gasteiger partial charge in [0.15, 0.2) is 5.82 Å². The van der Waals surface area contributed by atoms with Crippen LogP contribution in [-0.2, 0) is 6.54 Å². The van der Waals surface area contributed by atoms with Gasteiger partial charge in [0, 0.05) is 48.8 Å². The van der Waals surface area contributed by atoms with Crippen molar-refractivity contribution in [3.05, 3.63) is 66.1 Å². The van der Waals surface area contributed by atoms with Gasteiger partial charge in [-0.3, -0.25) is 9.97 Å². The van der Waals surface area contributed by atoms with Gasteiger partial charge < -0.3 is 10.0 Å². The first kappa shape index (κ1) is 15.3. The average molecular weight is 315 g/mol. The lowest BCUT2D eigenvalue weighted by atomic mass is 10.1. The molecule has 1 N–H and O–H groups in total. The number of aliphatic hydroxyl groups excluding tert-OH is 1. The van der Waals surface area contributed by atoms with E-state index in [1.165, 1.54) is 12.3 Å². The third kappa shape index (κ3) is 3.27. The van der Waals surface area contributed by atoms with Crippen LogP contribution >= 0.6 is 0 Å². The van der Waals surface area contributed by atoms with Crippen molar-refractivity contribution in [3.8, 4) is 0 Å². The molecule has 3 rings (SSSR count). The van der Waals surface area contributed by atoms with E-state index in [2.05, 4.69) is 9.97 Å². The van der Waals surface area contributed by atoms with Crippen LogP contribution in [-0.4, -0.2) is 28.2 Å². The summed E-state index contributed by atoms with van der Waals surface area (Å²) in [7, 11) is 0. The van der Waals surface area contributed by atoms with Gasteiger partial charge in [-0.15, -0.1) is 0 Å². The van der Waals surface area contributed by atoms with Crippen molar-refractivity contribution in [2.45, 2.75) is 6.54 Å². The first-order valence-electron chi connectivity index (χ1n) is 7.17. The molecule has 0 radical (unpaired) electrons. The molecule has 0 bridgehead atoms. The minimum absolute atomic E-state index is 0.0815. The van der Waals surface area contributed by atoms with Crippen molar-refractivity contribution in [2.75, 3.05) is 18.1 Å². The molecule has 0 atom stereocenters. The molecule has 0 aliphatic rings. The van der Waals surface area contributed by atoms with E-state index >= 15 is 0 Å². The summed E-state index contributed by atoms with van der Waals surface area (Å²) in [5.74, 6) is -1.36. The Hall–Kier alpha value is -2.60. The summed E-state index contributed by atoms with van der Waals surface area (Å²) in [4.78, 5) is 9.90. The van der Waals surface area contributed by atoms with Crippen LogP contribution in [0.15, 0.2) is 48.9 Å². The summed E-state index contributed by atoms with van der Waals surface area (Å²) in [6.45, 7) is 0.708. The van der Waals surface area contributed by atoms with Gasteiger partial charge >= 0.3 is 0 Å². The number of aliphatic hydroxyl groups is 1. The van der Waals surface area contributed by atoms with E-state index < -0.39 is 11.6 Å².